The second-order valence-corrected chi connectivity index (χ2v) is 8.40. The number of hydrogen-bond acceptors (Lipinski definition) is 7. The van der Waals surface area contributed by atoms with Gasteiger partial charge < -0.3 is 9.47 Å². The molecule has 0 unspecified atom stereocenters. The normalized spacial score (nSPS) is 14.3. The molecular formula is C22H24N4O2S. The quantitative estimate of drug-likeness (QED) is 0.574. The Hall–Kier alpha value is -2.69. The summed E-state index contributed by atoms with van der Waals surface area (Å²) in [5.74, 6) is 2.43. The molecule has 0 amide bonds. The van der Waals surface area contributed by atoms with Crippen molar-refractivity contribution in [2.24, 2.45) is 0 Å². The van der Waals surface area contributed by atoms with Crippen LogP contribution in [0.2, 0.25) is 0 Å². The van der Waals surface area contributed by atoms with Gasteiger partial charge in [0.25, 0.3) is 0 Å². The highest BCUT2D eigenvalue weighted by atomic mass is 32.1. The first-order valence-corrected chi connectivity index (χ1v) is 10.7. The van der Waals surface area contributed by atoms with Gasteiger partial charge in [0.2, 0.25) is 5.88 Å². The van der Waals surface area contributed by atoms with Gasteiger partial charge >= 0.3 is 0 Å². The molecule has 1 aliphatic heterocycles. The second-order valence-electron chi connectivity index (χ2n) is 7.20. The predicted octanol–water partition coefficient (Wildman–Crippen LogP) is 4.97. The number of nitrogens with zero attached hydrogens (tertiary/aromatic N) is 4. The van der Waals surface area contributed by atoms with Crippen molar-refractivity contribution in [1.29, 1.82) is 5.26 Å². The van der Waals surface area contributed by atoms with Crippen LogP contribution in [0.15, 0.2) is 18.2 Å². The van der Waals surface area contributed by atoms with E-state index in [0.29, 0.717) is 29.5 Å². The van der Waals surface area contributed by atoms with Crippen LogP contribution in [0.3, 0.4) is 0 Å². The largest absolute Gasteiger partial charge is 0.490 e. The van der Waals surface area contributed by atoms with Crippen molar-refractivity contribution in [2.45, 2.75) is 40.2 Å². The summed E-state index contributed by atoms with van der Waals surface area (Å²) in [7, 11) is 0. The average molecular weight is 409 g/mol. The fraction of sp³-hybridized carbons (Fsp3) is 0.409. The molecule has 7 heteroatoms. The average Bonchev–Trinajstić information content (AvgIpc) is 3.31. The Kier molecular flexibility index (Phi) is 5.65. The van der Waals surface area contributed by atoms with E-state index >= 15 is 0 Å². The third-order valence-electron chi connectivity index (χ3n) is 5.18. The molecule has 0 N–H and O–H groups in total. The zero-order valence-corrected chi connectivity index (χ0v) is 17.8. The van der Waals surface area contributed by atoms with Gasteiger partial charge in [-0.15, -0.1) is 11.3 Å². The highest BCUT2D eigenvalue weighted by Crippen LogP contribution is 2.39. The van der Waals surface area contributed by atoms with Gasteiger partial charge in [-0.3, -0.25) is 4.90 Å². The number of rotatable bonds is 6. The number of ether oxygens (including phenoxy) is 2. The van der Waals surface area contributed by atoms with E-state index in [1.807, 2.05) is 6.92 Å². The SMILES string of the molecule is CCOc1cc(C#N)ccc1Oc1nc(CN2CCCC2)nc2sc(C)c(C)c12. The fourth-order valence-corrected chi connectivity index (χ4v) is 4.61. The van der Waals surface area contributed by atoms with E-state index in [1.54, 1.807) is 29.5 Å². The molecule has 1 aromatic carbocycles. The summed E-state index contributed by atoms with van der Waals surface area (Å²) in [6.45, 7) is 9.47. The number of hydrogen-bond donors (Lipinski definition) is 0. The lowest BCUT2D eigenvalue weighted by Crippen LogP contribution is -2.20. The highest BCUT2D eigenvalue weighted by molar-refractivity contribution is 7.18. The maximum atomic E-state index is 9.19. The molecule has 1 aliphatic rings. The lowest BCUT2D eigenvalue weighted by Gasteiger charge is -2.15. The molecule has 150 valence electrons. The maximum absolute atomic E-state index is 9.19. The first kappa shape index (κ1) is 19.6. The Morgan fingerprint density at radius 1 is 1.17 bits per heavy atom. The highest BCUT2D eigenvalue weighted by Gasteiger charge is 2.20. The smallest absolute Gasteiger partial charge is 0.231 e. The number of benzene rings is 1. The van der Waals surface area contributed by atoms with Gasteiger partial charge in [0.1, 0.15) is 10.7 Å². The topological polar surface area (TPSA) is 71.3 Å². The van der Waals surface area contributed by atoms with Gasteiger partial charge in [-0.25, -0.2) is 4.98 Å². The van der Waals surface area contributed by atoms with Crippen molar-refractivity contribution in [3.63, 3.8) is 0 Å². The van der Waals surface area contributed by atoms with Crippen LogP contribution in [0.1, 0.15) is 41.6 Å². The van der Waals surface area contributed by atoms with E-state index in [2.05, 4.69) is 24.8 Å². The minimum absolute atomic E-state index is 0.487. The summed E-state index contributed by atoms with van der Waals surface area (Å²) in [6, 6.07) is 7.35. The maximum Gasteiger partial charge on any atom is 0.231 e. The van der Waals surface area contributed by atoms with Crippen LogP contribution in [0, 0.1) is 25.2 Å². The molecule has 3 heterocycles. The molecule has 6 nitrogen and oxygen atoms in total. The van der Waals surface area contributed by atoms with Gasteiger partial charge in [0, 0.05) is 10.9 Å². The first-order chi connectivity index (χ1) is 14.1. The van der Waals surface area contributed by atoms with Crippen molar-refractivity contribution < 1.29 is 9.47 Å². The molecule has 0 radical (unpaired) electrons. The number of aryl methyl sites for hydroxylation is 2. The Bertz CT molecular complexity index is 1080. The van der Waals surface area contributed by atoms with Crippen LogP contribution < -0.4 is 9.47 Å². The summed E-state index contributed by atoms with van der Waals surface area (Å²) in [6.07, 6.45) is 2.46. The van der Waals surface area contributed by atoms with Crippen LogP contribution in [-0.4, -0.2) is 34.6 Å². The minimum Gasteiger partial charge on any atom is -0.490 e. The van der Waals surface area contributed by atoms with Crippen molar-refractivity contribution in [1.82, 2.24) is 14.9 Å². The Morgan fingerprint density at radius 3 is 2.69 bits per heavy atom. The lowest BCUT2D eigenvalue weighted by atomic mass is 10.2. The van der Waals surface area contributed by atoms with Crippen LogP contribution >= 0.6 is 11.3 Å². The number of nitriles is 1. The zero-order chi connectivity index (χ0) is 20.4. The number of thiophene rings is 1. The van der Waals surface area contributed by atoms with Crippen molar-refractivity contribution in [3.8, 4) is 23.4 Å². The van der Waals surface area contributed by atoms with E-state index < -0.39 is 0 Å². The van der Waals surface area contributed by atoms with E-state index in [4.69, 9.17) is 19.4 Å². The molecule has 0 spiro atoms. The van der Waals surface area contributed by atoms with Crippen LogP contribution in [0.5, 0.6) is 17.4 Å². The molecule has 2 aromatic heterocycles. The predicted molar refractivity (Wildman–Crippen MR) is 114 cm³/mol. The third kappa shape index (κ3) is 4.04. The number of aromatic nitrogens is 2. The van der Waals surface area contributed by atoms with Gasteiger partial charge in [-0.2, -0.15) is 10.2 Å². The van der Waals surface area contributed by atoms with Gasteiger partial charge in [0.05, 0.1) is 30.2 Å². The zero-order valence-electron chi connectivity index (χ0n) is 17.0. The number of fused-ring (bicyclic) bond motifs is 1. The van der Waals surface area contributed by atoms with Gasteiger partial charge in [-0.05, 0) is 64.4 Å². The molecular weight excluding hydrogens is 384 g/mol. The van der Waals surface area contributed by atoms with E-state index in [-0.39, 0.29) is 0 Å². The molecule has 1 fully saturated rings. The van der Waals surface area contributed by atoms with E-state index in [1.165, 1.54) is 17.7 Å². The Morgan fingerprint density at radius 2 is 1.97 bits per heavy atom. The molecule has 0 atom stereocenters. The molecule has 0 aliphatic carbocycles. The second kappa shape index (κ2) is 8.36. The minimum atomic E-state index is 0.487. The first-order valence-electron chi connectivity index (χ1n) is 9.92. The summed E-state index contributed by atoms with van der Waals surface area (Å²) in [4.78, 5) is 14.1. The van der Waals surface area contributed by atoms with Gasteiger partial charge in [-0.1, -0.05) is 0 Å². The summed E-state index contributed by atoms with van der Waals surface area (Å²) in [5, 5.41) is 10.1. The Balaban J connectivity index is 1.76. The molecule has 3 aromatic rings. The summed E-state index contributed by atoms with van der Waals surface area (Å²) < 4.78 is 12.0. The fourth-order valence-electron chi connectivity index (χ4n) is 3.57. The monoisotopic (exact) mass is 408 g/mol. The molecule has 29 heavy (non-hydrogen) atoms. The number of likely N-dealkylation sites (tertiary alicyclic amines) is 1. The Labute approximate surface area is 174 Å². The van der Waals surface area contributed by atoms with Crippen LogP contribution in [0.4, 0.5) is 0 Å². The van der Waals surface area contributed by atoms with Crippen molar-refractivity contribution >= 4 is 21.6 Å². The van der Waals surface area contributed by atoms with Crippen molar-refractivity contribution in [2.75, 3.05) is 19.7 Å². The van der Waals surface area contributed by atoms with Crippen LogP contribution in [-0.2, 0) is 6.54 Å². The van der Waals surface area contributed by atoms with E-state index in [0.717, 1.165) is 41.2 Å². The van der Waals surface area contributed by atoms with E-state index in [9.17, 15) is 5.26 Å². The lowest BCUT2D eigenvalue weighted by molar-refractivity contribution is 0.314. The molecule has 0 bridgehead atoms. The van der Waals surface area contributed by atoms with Crippen LogP contribution in [0.25, 0.3) is 10.2 Å². The summed E-state index contributed by atoms with van der Waals surface area (Å²) >= 11 is 1.67. The van der Waals surface area contributed by atoms with Gasteiger partial charge in [0.15, 0.2) is 11.5 Å². The summed E-state index contributed by atoms with van der Waals surface area (Å²) in [5.41, 5.74) is 1.67. The standard InChI is InChI=1S/C22H24N4O2S/c1-4-27-18-11-16(12-23)7-8-17(18)28-21-20-14(2)15(3)29-22(20)25-19(24-21)13-26-9-5-6-10-26/h7-8,11H,4-6,9-10,13H2,1-3H3. The molecule has 0 saturated carbocycles. The molecule has 4 rings (SSSR count). The van der Waals surface area contributed by atoms with Crippen molar-refractivity contribution in [3.05, 3.63) is 40.0 Å². The third-order valence-corrected chi connectivity index (χ3v) is 6.29. The molecule has 1 saturated heterocycles.